The van der Waals surface area contributed by atoms with Crippen LogP contribution in [-0.2, 0) is 17.8 Å². The van der Waals surface area contributed by atoms with Gasteiger partial charge in [0.2, 0.25) is 0 Å². The average Bonchev–Trinajstić information content (AvgIpc) is 3.30. The molecule has 1 atom stereocenters. The number of imidazole rings is 1. The number of hydrogen-bond donors (Lipinski definition) is 1. The molecule has 2 aromatic heterocycles. The Hall–Kier alpha value is -1.86. The molecule has 124 valence electrons. The lowest BCUT2D eigenvalue weighted by atomic mass is 10.2. The van der Waals surface area contributed by atoms with Gasteiger partial charge in [0.25, 0.3) is 0 Å². The SMILES string of the molecule is O=C(NCCn1ccnc1)N(Cc1cccs1)C[C@@H]1CCCO1. The van der Waals surface area contributed by atoms with Gasteiger partial charge in [0.1, 0.15) is 0 Å². The molecule has 1 saturated heterocycles. The van der Waals surface area contributed by atoms with E-state index in [4.69, 9.17) is 4.74 Å². The van der Waals surface area contributed by atoms with E-state index in [1.807, 2.05) is 27.1 Å². The van der Waals surface area contributed by atoms with E-state index in [2.05, 4.69) is 16.4 Å². The highest BCUT2D eigenvalue weighted by Gasteiger charge is 2.22. The molecule has 0 bridgehead atoms. The van der Waals surface area contributed by atoms with Crippen molar-refractivity contribution in [1.29, 1.82) is 0 Å². The maximum absolute atomic E-state index is 12.5. The predicted molar refractivity (Wildman–Crippen MR) is 89.3 cm³/mol. The van der Waals surface area contributed by atoms with Crippen molar-refractivity contribution in [2.75, 3.05) is 19.7 Å². The molecule has 3 rings (SSSR count). The lowest BCUT2D eigenvalue weighted by molar-refractivity contribution is 0.0797. The molecule has 0 saturated carbocycles. The molecule has 0 spiro atoms. The largest absolute Gasteiger partial charge is 0.376 e. The maximum Gasteiger partial charge on any atom is 0.317 e. The summed E-state index contributed by atoms with van der Waals surface area (Å²) in [5.74, 6) is 0. The summed E-state index contributed by atoms with van der Waals surface area (Å²) in [5.41, 5.74) is 0. The van der Waals surface area contributed by atoms with Gasteiger partial charge in [-0.25, -0.2) is 9.78 Å². The minimum Gasteiger partial charge on any atom is -0.376 e. The second-order valence-electron chi connectivity index (χ2n) is 5.63. The summed E-state index contributed by atoms with van der Waals surface area (Å²) < 4.78 is 7.63. The van der Waals surface area contributed by atoms with Gasteiger partial charge in [-0.15, -0.1) is 11.3 Å². The summed E-state index contributed by atoms with van der Waals surface area (Å²) in [6.07, 6.45) is 7.66. The molecule has 1 aliphatic rings. The number of ether oxygens (including phenoxy) is 1. The van der Waals surface area contributed by atoms with Crippen molar-refractivity contribution in [2.24, 2.45) is 0 Å². The zero-order chi connectivity index (χ0) is 15.9. The molecule has 2 amide bonds. The summed E-state index contributed by atoms with van der Waals surface area (Å²) in [6.45, 7) is 3.39. The van der Waals surface area contributed by atoms with Gasteiger partial charge in [0, 0.05) is 43.5 Å². The van der Waals surface area contributed by atoms with Crippen LogP contribution in [0.2, 0.25) is 0 Å². The van der Waals surface area contributed by atoms with E-state index in [-0.39, 0.29) is 12.1 Å². The number of aromatic nitrogens is 2. The van der Waals surface area contributed by atoms with Crippen LogP contribution in [0.1, 0.15) is 17.7 Å². The molecule has 23 heavy (non-hydrogen) atoms. The molecule has 3 heterocycles. The van der Waals surface area contributed by atoms with Gasteiger partial charge in [0.05, 0.1) is 19.0 Å². The van der Waals surface area contributed by atoms with E-state index in [1.54, 1.807) is 23.9 Å². The number of rotatable bonds is 7. The smallest absolute Gasteiger partial charge is 0.317 e. The second kappa shape index (κ2) is 8.12. The van der Waals surface area contributed by atoms with Crippen LogP contribution >= 0.6 is 11.3 Å². The van der Waals surface area contributed by atoms with Gasteiger partial charge in [0.15, 0.2) is 0 Å². The van der Waals surface area contributed by atoms with Crippen LogP contribution in [-0.4, -0.2) is 46.3 Å². The summed E-state index contributed by atoms with van der Waals surface area (Å²) >= 11 is 1.67. The summed E-state index contributed by atoms with van der Waals surface area (Å²) in [5, 5.41) is 5.03. The highest BCUT2D eigenvalue weighted by molar-refractivity contribution is 7.09. The van der Waals surface area contributed by atoms with Crippen molar-refractivity contribution >= 4 is 17.4 Å². The molecule has 6 nitrogen and oxygen atoms in total. The van der Waals surface area contributed by atoms with Crippen LogP contribution in [0, 0.1) is 0 Å². The zero-order valence-corrected chi connectivity index (χ0v) is 13.9. The minimum atomic E-state index is -0.0333. The second-order valence-corrected chi connectivity index (χ2v) is 6.66. The van der Waals surface area contributed by atoms with Crippen LogP contribution in [0.4, 0.5) is 4.79 Å². The van der Waals surface area contributed by atoms with Gasteiger partial charge in [-0.3, -0.25) is 0 Å². The third-order valence-corrected chi connectivity index (χ3v) is 4.73. The van der Waals surface area contributed by atoms with Gasteiger partial charge in [-0.05, 0) is 24.3 Å². The number of carbonyl (C=O) groups is 1. The monoisotopic (exact) mass is 334 g/mol. The van der Waals surface area contributed by atoms with Crippen LogP contribution in [0.5, 0.6) is 0 Å². The van der Waals surface area contributed by atoms with Gasteiger partial charge in [-0.2, -0.15) is 0 Å². The maximum atomic E-state index is 12.5. The van der Waals surface area contributed by atoms with Crippen molar-refractivity contribution in [1.82, 2.24) is 19.8 Å². The van der Waals surface area contributed by atoms with Gasteiger partial charge < -0.3 is 19.5 Å². The number of thiophene rings is 1. The number of nitrogens with zero attached hydrogens (tertiary/aromatic N) is 3. The fraction of sp³-hybridized carbons (Fsp3) is 0.500. The quantitative estimate of drug-likeness (QED) is 0.845. The first-order chi connectivity index (χ1) is 11.3. The van der Waals surface area contributed by atoms with E-state index in [9.17, 15) is 4.79 Å². The Morgan fingerprint density at radius 1 is 1.57 bits per heavy atom. The first kappa shape index (κ1) is 16.0. The predicted octanol–water partition coefficient (Wildman–Crippen LogP) is 2.34. The van der Waals surface area contributed by atoms with E-state index >= 15 is 0 Å². The molecule has 0 radical (unpaired) electrons. The highest BCUT2D eigenvalue weighted by Crippen LogP contribution is 2.17. The van der Waals surface area contributed by atoms with Crippen molar-refractivity contribution in [3.05, 3.63) is 41.1 Å². The number of carbonyl (C=O) groups excluding carboxylic acids is 1. The summed E-state index contributed by atoms with van der Waals surface area (Å²) in [6, 6.07) is 4.04. The molecule has 1 fully saturated rings. The molecular weight excluding hydrogens is 312 g/mol. The first-order valence-electron chi connectivity index (χ1n) is 7.94. The number of amides is 2. The van der Waals surface area contributed by atoms with E-state index in [0.29, 0.717) is 19.6 Å². The topological polar surface area (TPSA) is 59.4 Å². The van der Waals surface area contributed by atoms with E-state index < -0.39 is 0 Å². The van der Waals surface area contributed by atoms with Crippen molar-refractivity contribution < 1.29 is 9.53 Å². The molecule has 0 unspecified atom stereocenters. The fourth-order valence-corrected chi connectivity index (χ4v) is 3.39. The third kappa shape index (κ3) is 4.80. The Bertz CT molecular complexity index is 579. The fourth-order valence-electron chi connectivity index (χ4n) is 2.67. The van der Waals surface area contributed by atoms with E-state index in [1.165, 1.54) is 4.88 Å². The lowest BCUT2D eigenvalue weighted by Gasteiger charge is -2.25. The van der Waals surface area contributed by atoms with Crippen LogP contribution in [0.3, 0.4) is 0 Å². The number of urea groups is 1. The molecule has 1 N–H and O–H groups in total. The summed E-state index contributed by atoms with van der Waals surface area (Å²) in [7, 11) is 0. The highest BCUT2D eigenvalue weighted by atomic mass is 32.1. The standard InChI is InChI=1S/C16H22N4O2S/c21-16(18-6-8-19-7-5-17-13-19)20(11-14-3-1-9-22-14)12-15-4-2-10-23-15/h2,4-5,7,10,13-14H,1,3,6,8-9,11-12H2,(H,18,21)/t14-/m0/s1. The van der Waals surface area contributed by atoms with Gasteiger partial charge >= 0.3 is 6.03 Å². The first-order valence-corrected chi connectivity index (χ1v) is 8.82. The van der Waals surface area contributed by atoms with Crippen LogP contribution in [0.15, 0.2) is 36.2 Å². The Labute approximate surface area is 140 Å². The third-order valence-electron chi connectivity index (χ3n) is 3.87. The molecular formula is C16H22N4O2S. The molecule has 7 heteroatoms. The molecule has 1 aliphatic heterocycles. The number of hydrogen-bond acceptors (Lipinski definition) is 4. The Kier molecular flexibility index (Phi) is 5.65. The van der Waals surface area contributed by atoms with Crippen molar-refractivity contribution in [3.8, 4) is 0 Å². The Morgan fingerprint density at radius 3 is 3.22 bits per heavy atom. The van der Waals surface area contributed by atoms with Gasteiger partial charge in [-0.1, -0.05) is 6.07 Å². The summed E-state index contributed by atoms with van der Waals surface area (Å²) in [4.78, 5) is 19.6. The van der Waals surface area contributed by atoms with E-state index in [0.717, 1.165) is 26.0 Å². The molecule has 0 aliphatic carbocycles. The van der Waals surface area contributed by atoms with Crippen molar-refractivity contribution in [3.63, 3.8) is 0 Å². The number of nitrogens with one attached hydrogen (secondary N) is 1. The zero-order valence-electron chi connectivity index (χ0n) is 13.1. The molecule has 2 aromatic rings. The minimum absolute atomic E-state index is 0.0333. The van der Waals surface area contributed by atoms with Crippen LogP contribution < -0.4 is 5.32 Å². The van der Waals surface area contributed by atoms with Crippen molar-refractivity contribution in [2.45, 2.75) is 32.0 Å². The lowest BCUT2D eigenvalue weighted by Crippen LogP contribution is -2.44. The Morgan fingerprint density at radius 2 is 2.52 bits per heavy atom. The molecule has 0 aromatic carbocycles. The normalized spacial score (nSPS) is 17.3. The Balaban J connectivity index is 1.53. The van der Waals surface area contributed by atoms with Crippen LogP contribution in [0.25, 0.3) is 0 Å². The average molecular weight is 334 g/mol.